The first kappa shape index (κ1) is 10.2. The third-order valence-electron chi connectivity index (χ3n) is 1.80. The lowest BCUT2D eigenvalue weighted by Gasteiger charge is -2.02. The minimum Gasteiger partial charge on any atom is -0.422 e. The van der Waals surface area contributed by atoms with Gasteiger partial charge in [-0.3, -0.25) is 4.98 Å². The average molecular weight is 218 g/mol. The fourth-order valence-corrected chi connectivity index (χ4v) is 1.07. The summed E-state index contributed by atoms with van der Waals surface area (Å²) >= 11 is 0. The number of carbonyl (C=O) groups excluding carboxylic acids is 1. The highest BCUT2D eigenvalue weighted by Crippen LogP contribution is 2.12. The van der Waals surface area contributed by atoms with Gasteiger partial charge in [0, 0.05) is 12.4 Å². The molecular weight excluding hydrogens is 211 g/mol. The van der Waals surface area contributed by atoms with E-state index in [4.69, 9.17) is 4.74 Å². The molecule has 0 saturated heterocycles. The van der Waals surface area contributed by atoms with E-state index in [1.54, 1.807) is 0 Å². The van der Waals surface area contributed by atoms with Gasteiger partial charge >= 0.3 is 5.97 Å². The molecule has 5 heteroatoms. The molecule has 0 spiro atoms. The number of ether oxygens (including phenoxy) is 1. The molecule has 0 N–H and O–H groups in total. The van der Waals surface area contributed by atoms with E-state index in [1.807, 2.05) is 0 Å². The number of rotatable bonds is 2. The second-order valence-electron chi connectivity index (χ2n) is 2.93. The monoisotopic (exact) mass is 218 g/mol. The Hall–Kier alpha value is -2.30. The van der Waals surface area contributed by atoms with Crippen molar-refractivity contribution in [2.75, 3.05) is 0 Å². The summed E-state index contributed by atoms with van der Waals surface area (Å²) in [5, 5.41) is 0. The van der Waals surface area contributed by atoms with Gasteiger partial charge in [-0.25, -0.2) is 14.2 Å². The van der Waals surface area contributed by atoms with E-state index >= 15 is 0 Å². The van der Waals surface area contributed by atoms with Gasteiger partial charge in [0.25, 0.3) is 0 Å². The van der Waals surface area contributed by atoms with Crippen molar-refractivity contribution in [1.29, 1.82) is 0 Å². The predicted molar refractivity (Wildman–Crippen MR) is 53.4 cm³/mol. The van der Waals surface area contributed by atoms with Gasteiger partial charge in [-0.05, 0) is 24.3 Å². The Labute approximate surface area is 90.7 Å². The summed E-state index contributed by atoms with van der Waals surface area (Å²) in [5.74, 6) is -0.754. The van der Waals surface area contributed by atoms with Crippen molar-refractivity contribution in [3.63, 3.8) is 0 Å². The molecule has 0 saturated carbocycles. The number of benzene rings is 1. The van der Waals surface area contributed by atoms with E-state index in [0.29, 0.717) is 0 Å². The maximum absolute atomic E-state index is 12.6. The van der Waals surface area contributed by atoms with Crippen LogP contribution < -0.4 is 4.74 Å². The molecule has 0 atom stereocenters. The van der Waals surface area contributed by atoms with Crippen LogP contribution in [0.2, 0.25) is 0 Å². The van der Waals surface area contributed by atoms with Crippen LogP contribution in [0.25, 0.3) is 0 Å². The number of esters is 1. The van der Waals surface area contributed by atoms with Gasteiger partial charge in [0.1, 0.15) is 11.6 Å². The molecule has 0 fully saturated rings. The van der Waals surface area contributed by atoms with Crippen LogP contribution in [0.4, 0.5) is 4.39 Å². The molecule has 2 aromatic rings. The third kappa shape index (κ3) is 2.38. The highest BCUT2D eigenvalue weighted by molar-refractivity contribution is 5.88. The minimum atomic E-state index is -0.625. The van der Waals surface area contributed by atoms with Crippen LogP contribution in [-0.4, -0.2) is 15.9 Å². The van der Waals surface area contributed by atoms with Gasteiger partial charge in [0.15, 0.2) is 5.69 Å². The summed E-state index contributed by atoms with van der Waals surface area (Å²) in [6, 6.07) is 5.14. The molecule has 2 rings (SSSR count). The molecule has 1 aromatic heterocycles. The number of hydrogen-bond donors (Lipinski definition) is 0. The molecule has 0 radical (unpaired) electrons. The van der Waals surface area contributed by atoms with E-state index in [0.717, 1.165) is 0 Å². The molecule has 0 aliphatic heterocycles. The second kappa shape index (κ2) is 4.48. The Kier molecular flexibility index (Phi) is 2.86. The second-order valence-corrected chi connectivity index (χ2v) is 2.93. The summed E-state index contributed by atoms with van der Waals surface area (Å²) < 4.78 is 17.5. The summed E-state index contributed by atoms with van der Waals surface area (Å²) in [6.07, 6.45) is 4.14. The first-order chi connectivity index (χ1) is 7.75. The van der Waals surface area contributed by atoms with Crippen molar-refractivity contribution in [3.8, 4) is 5.75 Å². The maximum atomic E-state index is 12.6. The van der Waals surface area contributed by atoms with Crippen molar-refractivity contribution < 1.29 is 13.9 Å². The first-order valence-electron chi connectivity index (χ1n) is 4.49. The molecule has 0 amide bonds. The van der Waals surface area contributed by atoms with E-state index < -0.39 is 5.97 Å². The lowest BCUT2D eigenvalue weighted by Crippen LogP contribution is -2.10. The highest BCUT2D eigenvalue weighted by atomic mass is 19.1. The zero-order valence-corrected chi connectivity index (χ0v) is 8.13. The smallest absolute Gasteiger partial charge is 0.363 e. The zero-order valence-electron chi connectivity index (χ0n) is 8.13. The van der Waals surface area contributed by atoms with Gasteiger partial charge in [-0.15, -0.1) is 0 Å². The number of aromatic nitrogens is 2. The predicted octanol–water partition coefficient (Wildman–Crippen LogP) is 1.83. The highest BCUT2D eigenvalue weighted by Gasteiger charge is 2.09. The number of halogens is 1. The quantitative estimate of drug-likeness (QED) is 0.570. The van der Waals surface area contributed by atoms with Crippen molar-refractivity contribution in [1.82, 2.24) is 9.97 Å². The number of carbonyl (C=O) groups is 1. The SMILES string of the molecule is O=C(Oc1ccc(F)cc1)c1cnccn1. The first-order valence-corrected chi connectivity index (χ1v) is 4.49. The molecular formula is C11H7FN2O2. The largest absolute Gasteiger partial charge is 0.422 e. The van der Waals surface area contributed by atoms with Crippen LogP contribution in [0, 0.1) is 5.82 Å². The fourth-order valence-electron chi connectivity index (χ4n) is 1.07. The number of hydrogen-bond acceptors (Lipinski definition) is 4. The average Bonchev–Trinajstić information content (AvgIpc) is 2.33. The van der Waals surface area contributed by atoms with Gasteiger partial charge in [-0.1, -0.05) is 0 Å². The van der Waals surface area contributed by atoms with Crippen LogP contribution in [-0.2, 0) is 0 Å². The fraction of sp³-hybridized carbons (Fsp3) is 0. The summed E-state index contributed by atoms with van der Waals surface area (Å²) in [5.41, 5.74) is 0.104. The maximum Gasteiger partial charge on any atom is 0.363 e. The Morgan fingerprint density at radius 2 is 1.94 bits per heavy atom. The molecule has 1 heterocycles. The molecule has 0 aliphatic rings. The van der Waals surface area contributed by atoms with Crippen LogP contribution in [0.15, 0.2) is 42.9 Å². The van der Waals surface area contributed by atoms with E-state index in [2.05, 4.69) is 9.97 Å². The van der Waals surface area contributed by atoms with Crippen molar-refractivity contribution >= 4 is 5.97 Å². The van der Waals surface area contributed by atoms with Crippen LogP contribution in [0.5, 0.6) is 5.75 Å². The van der Waals surface area contributed by atoms with Crippen LogP contribution in [0.1, 0.15) is 10.5 Å². The summed E-state index contributed by atoms with van der Waals surface area (Å²) in [7, 11) is 0. The van der Waals surface area contributed by atoms with E-state index in [9.17, 15) is 9.18 Å². The minimum absolute atomic E-state index is 0.104. The van der Waals surface area contributed by atoms with Gasteiger partial charge in [0.2, 0.25) is 0 Å². The van der Waals surface area contributed by atoms with E-state index in [1.165, 1.54) is 42.9 Å². The van der Waals surface area contributed by atoms with E-state index in [-0.39, 0.29) is 17.3 Å². The zero-order chi connectivity index (χ0) is 11.4. The lowest BCUT2D eigenvalue weighted by atomic mass is 10.3. The Morgan fingerprint density at radius 1 is 1.19 bits per heavy atom. The molecule has 4 nitrogen and oxygen atoms in total. The normalized spacial score (nSPS) is 9.81. The molecule has 16 heavy (non-hydrogen) atoms. The Bertz CT molecular complexity index is 485. The Morgan fingerprint density at radius 3 is 2.56 bits per heavy atom. The van der Waals surface area contributed by atoms with Gasteiger partial charge in [-0.2, -0.15) is 0 Å². The van der Waals surface area contributed by atoms with Crippen molar-refractivity contribution in [2.45, 2.75) is 0 Å². The summed E-state index contributed by atoms with van der Waals surface area (Å²) in [4.78, 5) is 19.0. The standard InChI is InChI=1S/C11H7FN2O2/c12-8-1-3-9(4-2-8)16-11(15)10-7-13-5-6-14-10/h1-7H. The Balaban J connectivity index is 2.11. The number of nitrogens with zero attached hydrogens (tertiary/aromatic N) is 2. The third-order valence-corrected chi connectivity index (χ3v) is 1.80. The molecule has 0 bridgehead atoms. The molecule has 0 unspecified atom stereocenters. The van der Waals surface area contributed by atoms with Crippen molar-refractivity contribution in [2.24, 2.45) is 0 Å². The van der Waals surface area contributed by atoms with Gasteiger partial charge in [0.05, 0.1) is 6.20 Å². The molecule has 0 aliphatic carbocycles. The lowest BCUT2D eigenvalue weighted by molar-refractivity contribution is 0.0728. The van der Waals surface area contributed by atoms with Gasteiger partial charge < -0.3 is 4.74 Å². The topological polar surface area (TPSA) is 52.1 Å². The summed E-state index contributed by atoms with van der Waals surface area (Å²) in [6.45, 7) is 0. The molecule has 80 valence electrons. The van der Waals surface area contributed by atoms with Crippen LogP contribution >= 0.6 is 0 Å². The molecule has 1 aromatic carbocycles. The van der Waals surface area contributed by atoms with Crippen molar-refractivity contribution in [3.05, 3.63) is 54.4 Å². The van der Waals surface area contributed by atoms with Crippen LogP contribution in [0.3, 0.4) is 0 Å².